The molecular weight excluding hydrogens is 358 g/mol. The van der Waals surface area contributed by atoms with Crippen LogP contribution >= 0.6 is 23.6 Å². The lowest BCUT2D eigenvalue weighted by Crippen LogP contribution is -2.19. The highest BCUT2D eigenvalue weighted by molar-refractivity contribution is 7.80. The largest absolute Gasteiger partial charge is 0.332 e. The number of aromatic nitrogens is 1. The average molecular weight is 376 g/mol. The fraction of sp³-hybridized carbons (Fsp3) is 0.0476. The molecule has 3 nitrogen and oxygen atoms in total. The number of benzene rings is 3. The molecule has 128 valence electrons. The van der Waals surface area contributed by atoms with Gasteiger partial charge in [0, 0.05) is 28.6 Å². The molecule has 4 aromatic rings. The lowest BCUT2D eigenvalue weighted by atomic mass is 10.1. The maximum atomic E-state index is 5.46. The van der Waals surface area contributed by atoms with E-state index in [0.717, 1.165) is 22.6 Å². The van der Waals surface area contributed by atoms with Crippen LogP contribution in [-0.2, 0) is 6.42 Å². The third-order valence-electron chi connectivity index (χ3n) is 4.03. The minimum Gasteiger partial charge on any atom is -0.332 e. The predicted octanol–water partition coefficient (Wildman–Crippen LogP) is 5.70. The molecule has 0 atom stereocenters. The Morgan fingerprint density at radius 1 is 0.885 bits per heavy atom. The quantitative estimate of drug-likeness (QED) is 0.449. The van der Waals surface area contributed by atoms with E-state index in [9.17, 15) is 0 Å². The van der Waals surface area contributed by atoms with E-state index in [1.807, 2.05) is 36.5 Å². The standard InChI is InChI=1S/C21H17N3S2/c25-20(23-19-12-6-10-16-9-4-5-11-18(16)19)24-21-22-14-17(26-21)13-15-7-2-1-3-8-15/h1-12,14H,13H2,(H2,22,23,24,25). The normalized spacial score (nSPS) is 10.6. The summed E-state index contributed by atoms with van der Waals surface area (Å²) in [5, 5.41) is 10.1. The highest BCUT2D eigenvalue weighted by Gasteiger charge is 2.07. The van der Waals surface area contributed by atoms with Crippen molar-refractivity contribution >= 4 is 50.3 Å². The van der Waals surface area contributed by atoms with Gasteiger partial charge in [0.2, 0.25) is 0 Å². The zero-order chi connectivity index (χ0) is 17.8. The van der Waals surface area contributed by atoms with Gasteiger partial charge in [-0.15, -0.1) is 11.3 Å². The van der Waals surface area contributed by atoms with Crippen LogP contribution in [0.5, 0.6) is 0 Å². The Balaban J connectivity index is 1.44. The Morgan fingerprint density at radius 3 is 2.54 bits per heavy atom. The van der Waals surface area contributed by atoms with E-state index < -0.39 is 0 Å². The van der Waals surface area contributed by atoms with Gasteiger partial charge in [0.15, 0.2) is 10.2 Å². The molecule has 0 aliphatic carbocycles. The Bertz CT molecular complexity index is 1040. The van der Waals surface area contributed by atoms with E-state index in [1.54, 1.807) is 11.3 Å². The van der Waals surface area contributed by atoms with Crippen molar-refractivity contribution in [1.82, 2.24) is 4.98 Å². The van der Waals surface area contributed by atoms with Crippen LogP contribution < -0.4 is 10.6 Å². The topological polar surface area (TPSA) is 37.0 Å². The van der Waals surface area contributed by atoms with Gasteiger partial charge in [0.05, 0.1) is 0 Å². The molecule has 0 saturated carbocycles. The fourth-order valence-electron chi connectivity index (χ4n) is 2.83. The summed E-state index contributed by atoms with van der Waals surface area (Å²) >= 11 is 7.08. The molecule has 0 aliphatic heterocycles. The summed E-state index contributed by atoms with van der Waals surface area (Å²) in [6.45, 7) is 0. The number of thiazole rings is 1. The van der Waals surface area contributed by atoms with Crippen LogP contribution in [0.3, 0.4) is 0 Å². The van der Waals surface area contributed by atoms with Crippen LogP contribution in [0.15, 0.2) is 79.0 Å². The van der Waals surface area contributed by atoms with Gasteiger partial charge >= 0.3 is 0 Å². The van der Waals surface area contributed by atoms with E-state index in [4.69, 9.17) is 12.2 Å². The highest BCUT2D eigenvalue weighted by Crippen LogP contribution is 2.24. The molecular formula is C21H17N3S2. The molecule has 1 aromatic heterocycles. The monoisotopic (exact) mass is 375 g/mol. The zero-order valence-corrected chi connectivity index (χ0v) is 15.6. The smallest absolute Gasteiger partial charge is 0.189 e. The zero-order valence-electron chi connectivity index (χ0n) is 14.0. The first kappa shape index (κ1) is 16.7. The lowest BCUT2D eigenvalue weighted by molar-refractivity contribution is 1.22. The van der Waals surface area contributed by atoms with Crippen LogP contribution in [0.25, 0.3) is 10.8 Å². The summed E-state index contributed by atoms with van der Waals surface area (Å²) in [5.41, 5.74) is 2.26. The molecule has 3 aromatic carbocycles. The summed E-state index contributed by atoms with van der Waals surface area (Å²) in [7, 11) is 0. The first-order valence-corrected chi connectivity index (χ1v) is 9.55. The molecule has 5 heteroatoms. The molecule has 0 aliphatic rings. The van der Waals surface area contributed by atoms with Crippen LogP contribution in [0, 0.1) is 0 Å². The van der Waals surface area contributed by atoms with Gasteiger partial charge < -0.3 is 10.6 Å². The van der Waals surface area contributed by atoms with Gasteiger partial charge in [-0.3, -0.25) is 0 Å². The third kappa shape index (κ3) is 3.90. The summed E-state index contributed by atoms with van der Waals surface area (Å²) < 4.78 is 0. The van der Waals surface area contributed by atoms with E-state index in [0.29, 0.717) is 5.11 Å². The second-order valence-corrected chi connectivity index (χ2v) is 7.42. The molecule has 26 heavy (non-hydrogen) atoms. The first-order chi connectivity index (χ1) is 12.8. The van der Waals surface area contributed by atoms with Crippen molar-refractivity contribution in [2.45, 2.75) is 6.42 Å². The SMILES string of the molecule is S=C(Nc1ncc(Cc2ccccc2)s1)Nc1cccc2ccccc12. The number of rotatable bonds is 4. The molecule has 0 radical (unpaired) electrons. The number of nitrogens with one attached hydrogen (secondary N) is 2. The van der Waals surface area contributed by atoms with Gasteiger partial charge in [-0.1, -0.05) is 66.7 Å². The van der Waals surface area contributed by atoms with Crippen molar-refractivity contribution in [3.8, 4) is 0 Å². The van der Waals surface area contributed by atoms with Crippen molar-refractivity contribution < 1.29 is 0 Å². The van der Waals surface area contributed by atoms with E-state index >= 15 is 0 Å². The molecule has 0 amide bonds. The minimum absolute atomic E-state index is 0.543. The number of hydrogen-bond acceptors (Lipinski definition) is 3. The van der Waals surface area contributed by atoms with Gasteiger partial charge in [-0.2, -0.15) is 0 Å². The van der Waals surface area contributed by atoms with Crippen molar-refractivity contribution in [2.75, 3.05) is 10.6 Å². The van der Waals surface area contributed by atoms with Crippen molar-refractivity contribution in [3.63, 3.8) is 0 Å². The van der Waals surface area contributed by atoms with E-state index in [-0.39, 0.29) is 0 Å². The Hall–Kier alpha value is -2.76. The Labute approximate surface area is 161 Å². The fourth-order valence-corrected chi connectivity index (χ4v) is 3.95. The van der Waals surface area contributed by atoms with Crippen molar-refractivity contribution in [3.05, 3.63) is 89.4 Å². The molecule has 0 saturated heterocycles. The van der Waals surface area contributed by atoms with E-state index in [1.165, 1.54) is 15.8 Å². The first-order valence-electron chi connectivity index (χ1n) is 8.32. The number of thiocarbonyl (C=S) groups is 1. The second-order valence-electron chi connectivity index (χ2n) is 5.90. The number of anilines is 2. The van der Waals surface area contributed by atoms with Crippen LogP contribution in [0.2, 0.25) is 0 Å². The number of nitrogens with zero attached hydrogens (tertiary/aromatic N) is 1. The van der Waals surface area contributed by atoms with Gasteiger partial charge in [0.25, 0.3) is 0 Å². The predicted molar refractivity (Wildman–Crippen MR) is 115 cm³/mol. The summed E-state index contributed by atoms with van der Waals surface area (Å²) in [4.78, 5) is 5.64. The van der Waals surface area contributed by atoms with E-state index in [2.05, 4.69) is 58.1 Å². The second kappa shape index (κ2) is 7.64. The van der Waals surface area contributed by atoms with Crippen LogP contribution in [-0.4, -0.2) is 10.1 Å². The van der Waals surface area contributed by atoms with Crippen molar-refractivity contribution in [2.24, 2.45) is 0 Å². The van der Waals surface area contributed by atoms with Gasteiger partial charge in [-0.05, 0) is 29.2 Å². The molecule has 2 N–H and O–H groups in total. The highest BCUT2D eigenvalue weighted by atomic mass is 32.1. The summed E-state index contributed by atoms with van der Waals surface area (Å²) in [5.74, 6) is 0. The van der Waals surface area contributed by atoms with Crippen LogP contribution in [0.1, 0.15) is 10.4 Å². The Morgan fingerprint density at radius 2 is 1.65 bits per heavy atom. The van der Waals surface area contributed by atoms with Crippen LogP contribution in [0.4, 0.5) is 10.8 Å². The lowest BCUT2D eigenvalue weighted by Gasteiger charge is -2.11. The molecule has 0 fully saturated rings. The van der Waals surface area contributed by atoms with Gasteiger partial charge in [-0.25, -0.2) is 4.98 Å². The maximum Gasteiger partial charge on any atom is 0.189 e. The average Bonchev–Trinajstić information content (AvgIpc) is 3.09. The number of hydrogen-bond donors (Lipinski definition) is 2. The molecule has 4 rings (SSSR count). The van der Waals surface area contributed by atoms with Gasteiger partial charge in [0.1, 0.15) is 0 Å². The Kier molecular flexibility index (Phi) is 4.91. The molecule has 0 unspecified atom stereocenters. The summed E-state index contributed by atoms with van der Waals surface area (Å²) in [6.07, 6.45) is 2.78. The maximum absolute atomic E-state index is 5.46. The third-order valence-corrected chi connectivity index (χ3v) is 5.15. The van der Waals surface area contributed by atoms with Crippen molar-refractivity contribution in [1.29, 1.82) is 0 Å². The minimum atomic E-state index is 0.543. The number of fused-ring (bicyclic) bond motifs is 1. The summed E-state index contributed by atoms with van der Waals surface area (Å²) in [6, 6.07) is 24.8. The molecule has 1 heterocycles. The molecule has 0 bridgehead atoms. The molecule has 0 spiro atoms.